The molecule has 144 valence electrons. The lowest BCUT2D eigenvalue weighted by molar-refractivity contribution is 0.102. The highest BCUT2D eigenvalue weighted by Crippen LogP contribution is 2.20. The highest BCUT2D eigenvalue weighted by Gasteiger charge is 2.11. The number of nitrogens with one attached hydrogen (secondary N) is 2. The maximum Gasteiger partial charge on any atom is 0.274 e. The van der Waals surface area contributed by atoms with Crippen LogP contribution in [0.1, 0.15) is 21.6 Å². The van der Waals surface area contributed by atoms with E-state index in [0.29, 0.717) is 23.2 Å². The Labute approximate surface area is 168 Å². The quantitative estimate of drug-likeness (QED) is 0.620. The van der Waals surface area contributed by atoms with Crippen molar-refractivity contribution in [3.63, 3.8) is 0 Å². The number of nitrogens with zero attached hydrogens (tertiary/aromatic N) is 2. The molecule has 0 saturated carbocycles. The maximum absolute atomic E-state index is 12.5. The summed E-state index contributed by atoms with van der Waals surface area (Å²) in [5, 5.41) is 6.62. The lowest BCUT2D eigenvalue weighted by Crippen LogP contribution is -2.16. The number of anilines is 2. The minimum Gasteiger partial charge on any atom is -0.496 e. The number of methoxy groups -OCH3 is 1. The zero-order valence-corrected chi connectivity index (χ0v) is 16.5. The zero-order chi connectivity index (χ0) is 19.9. The average Bonchev–Trinajstić information content (AvgIpc) is 2.70. The number of amides is 1. The summed E-state index contributed by atoms with van der Waals surface area (Å²) in [5.74, 6) is 0.938. The largest absolute Gasteiger partial charge is 0.496 e. The Bertz CT molecular complexity index is 978. The molecular formula is C21H21ClN4O2. The van der Waals surface area contributed by atoms with E-state index in [1.54, 1.807) is 37.6 Å². The monoisotopic (exact) mass is 396 g/mol. The Balaban J connectivity index is 1.62. The predicted octanol–water partition coefficient (Wildman–Crippen LogP) is 4.35. The van der Waals surface area contributed by atoms with Gasteiger partial charge in [-0.25, -0.2) is 9.97 Å². The van der Waals surface area contributed by atoms with Crippen LogP contribution in [0.5, 0.6) is 5.75 Å². The van der Waals surface area contributed by atoms with E-state index < -0.39 is 0 Å². The number of carbonyl (C=O) groups excluding carboxylic acids is 1. The smallest absolute Gasteiger partial charge is 0.274 e. The normalized spacial score (nSPS) is 10.4. The lowest BCUT2D eigenvalue weighted by Gasteiger charge is -2.10. The fraction of sp³-hybridized carbons (Fsp3) is 0.190. The van der Waals surface area contributed by atoms with Crippen LogP contribution in [0, 0.1) is 6.92 Å². The van der Waals surface area contributed by atoms with Gasteiger partial charge in [0.15, 0.2) is 0 Å². The Morgan fingerprint density at radius 1 is 1.18 bits per heavy atom. The zero-order valence-electron chi connectivity index (χ0n) is 15.7. The second kappa shape index (κ2) is 9.19. The summed E-state index contributed by atoms with van der Waals surface area (Å²) >= 11 is 5.95. The Morgan fingerprint density at radius 2 is 2.00 bits per heavy atom. The van der Waals surface area contributed by atoms with Crippen LogP contribution in [0.4, 0.5) is 11.6 Å². The van der Waals surface area contributed by atoms with E-state index >= 15 is 0 Å². The van der Waals surface area contributed by atoms with Crippen molar-refractivity contribution in [1.29, 1.82) is 0 Å². The van der Waals surface area contributed by atoms with Crippen LogP contribution in [0.2, 0.25) is 5.02 Å². The van der Waals surface area contributed by atoms with Gasteiger partial charge in [-0.15, -0.1) is 0 Å². The summed E-state index contributed by atoms with van der Waals surface area (Å²) in [4.78, 5) is 21.0. The molecule has 0 aliphatic rings. The first kappa shape index (κ1) is 19.6. The summed E-state index contributed by atoms with van der Waals surface area (Å²) in [6, 6.07) is 14.7. The Morgan fingerprint density at radius 3 is 2.79 bits per heavy atom. The van der Waals surface area contributed by atoms with Crippen molar-refractivity contribution < 1.29 is 9.53 Å². The summed E-state index contributed by atoms with van der Waals surface area (Å²) in [5.41, 5.74) is 2.94. The van der Waals surface area contributed by atoms with Crippen molar-refractivity contribution in [3.8, 4) is 5.75 Å². The summed E-state index contributed by atoms with van der Waals surface area (Å²) in [7, 11) is 1.65. The van der Waals surface area contributed by atoms with Crippen LogP contribution in [0.3, 0.4) is 0 Å². The molecule has 1 heterocycles. The minimum absolute atomic E-state index is 0.282. The van der Waals surface area contributed by atoms with E-state index in [2.05, 4.69) is 20.6 Å². The van der Waals surface area contributed by atoms with E-state index in [1.165, 1.54) is 0 Å². The van der Waals surface area contributed by atoms with Crippen molar-refractivity contribution in [2.24, 2.45) is 0 Å². The van der Waals surface area contributed by atoms with Gasteiger partial charge in [-0.1, -0.05) is 29.8 Å². The SMILES string of the molecule is COc1ccccc1CCNc1nccc(C(=O)Nc2ccc(Cl)cc2C)n1. The first-order valence-electron chi connectivity index (χ1n) is 8.83. The maximum atomic E-state index is 12.5. The van der Waals surface area contributed by atoms with Crippen LogP contribution in [0.15, 0.2) is 54.7 Å². The van der Waals surface area contributed by atoms with Crippen LogP contribution in [0.25, 0.3) is 0 Å². The molecule has 0 radical (unpaired) electrons. The van der Waals surface area contributed by atoms with Gasteiger partial charge in [0.2, 0.25) is 5.95 Å². The number of hydrogen-bond acceptors (Lipinski definition) is 5. The molecule has 0 atom stereocenters. The highest BCUT2D eigenvalue weighted by molar-refractivity contribution is 6.30. The number of rotatable bonds is 7. The molecule has 0 aliphatic carbocycles. The summed E-state index contributed by atoms with van der Waals surface area (Å²) < 4.78 is 5.35. The number of ether oxygens (including phenoxy) is 1. The van der Waals surface area contributed by atoms with Crippen LogP contribution >= 0.6 is 11.6 Å². The number of hydrogen-bond donors (Lipinski definition) is 2. The first-order chi connectivity index (χ1) is 13.6. The molecule has 2 aromatic carbocycles. The summed E-state index contributed by atoms with van der Waals surface area (Å²) in [6.07, 6.45) is 2.30. The standard InChI is InChI=1S/C21H21ClN4O2/c1-14-13-16(22)7-8-17(14)25-20(27)18-10-12-24-21(26-18)23-11-9-15-5-3-4-6-19(15)28-2/h3-8,10,12-13H,9,11H2,1-2H3,(H,25,27)(H,23,24,26). The van der Waals surface area contributed by atoms with E-state index in [1.807, 2.05) is 31.2 Å². The van der Waals surface area contributed by atoms with Crippen LogP contribution in [-0.4, -0.2) is 29.5 Å². The number of aryl methyl sites for hydroxylation is 1. The van der Waals surface area contributed by atoms with Gasteiger partial charge < -0.3 is 15.4 Å². The molecule has 7 heteroatoms. The first-order valence-corrected chi connectivity index (χ1v) is 9.21. The second-order valence-electron chi connectivity index (χ2n) is 6.17. The molecule has 6 nitrogen and oxygen atoms in total. The molecule has 3 aromatic rings. The van der Waals surface area contributed by atoms with Gasteiger partial charge >= 0.3 is 0 Å². The minimum atomic E-state index is -0.305. The molecule has 1 aromatic heterocycles. The van der Waals surface area contributed by atoms with Gasteiger partial charge in [-0.05, 0) is 54.8 Å². The third-order valence-electron chi connectivity index (χ3n) is 4.19. The van der Waals surface area contributed by atoms with E-state index in [0.717, 1.165) is 23.3 Å². The molecule has 0 fully saturated rings. The van der Waals surface area contributed by atoms with E-state index in [-0.39, 0.29) is 11.6 Å². The number of aromatic nitrogens is 2. The number of halogens is 1. The Hall–Kier alpha value is -3.12. The average molecular weight is 397 g/mol. The van der Waals surface area contributed by atoms with E-state index in [4.69, 9.17) is 16.3 Å². The van der Waals surface area contributed by atoms with Gasteiger partial charge in [0.25, 0.3) is 5.91 Å². The molecule has 3 rings (SSSR count). The number of benzene rings is 2. The van der Waals surface area contributed by atoms with E-state index in [9.17, 15) is 4.79 Å². The third kappa shape index (κ3) is 4.98. The molecule has 2 N–H and O–H groups in total. The molecule has 1 amide bonds. The molecule has 0 unspecified atom stereocenters. The van der Waals surface area contributed by atoms with Crippen LogP contribution in [-0.2, 0) is 6.42 Å². The molecular weight excluding hydrogens is 376 g/mol. The fourth-order valence-electron chi connectivity index (χ4n) is 2.74. The number of carbonyl (C=O) groups is 1. The topological polar surface area (TPSA) is 76.1 Å². The second-order valence-corrected chi connectivity index (χ2v) is 6.60. The van der Waals surface area contributed by atoms with Crippen molar-refractivity contribution in [2.45, 2.75) is 13.3 Å². The lowest BCUT2D eigenvalue weighted by atomic mass is 10.1. The number of para-hydroxylation sites is 1. The Kier molecular flexibility index (Phi) is 6.45. The third-order valence-corrected chi connectivity index (χ3v) is 4.43. The van der Waals surface area contributed by atoms with Crippen LogP contribution < -0.4 is 15.4 Å². The highest BCUT2D eigenvalue weighted by atomic mass is 35.5. The van der Waals surface area contributed by atoms with Gasteiger partial charge in [0, 0.05) is 23.5 Å². The fourth-order valence-corrected chi connectivity index (χ4v) is 2.97. The molecule has 0 aliphatic heterocycles. The summed E-state index contributed by atoms with van der Waals surface area (Å²) in [6.45, 7) is 2.49. The molecule has 0 spiro atoms. The molecule has 28 heavy (non-hydrogen) atoms. The van der Waals surface area contributed by atoms with Crippen molar-refractivity contribution >= 4 is 29.1 Å². The van der Waals surface area contributed by atoms with Gasteiger partial charge in [0.1, 0.15) is 11.4 Å². The predicted molar refractivity (Wildman–Crippen MR) is 111 cm³/mol. The molecule has 0 saturated heterocycles. The van der Waals surface area contributed by atoms with Gasteiger partial charge in [0.05, 0.1) is 7.11 Å². The van der Waals surface area contributed by atoms with Gasteiger partial charge in [-0.3, -0.25) is 4.79 Å². The van der Waals surface area contributed by atoms with Crippen molar-refractivity contribution in [3.05, 3.63) is 76.6 Å². The van der Waals surface area contributed by atoms with Crippen molar-refractivity contribution in [1.82, 2.24) is 9.97 Å². The van der Waals surface area contributed by atoms with Gasteiger partial charge in [-0.2, -0.15) is 0 Å². The van der Waals surface area contributed by atoms with Crippen molar-refractivity contribution in [2.75, 3.05) is 24.3 Å². The molecule has 0 bridgehead atoms.